The van der Waals surface area contributed by atoms with E-state index in [-0.39, 0.29) is 6.04 Å². The fourth-order valence-corrected chi connectivity index (χ4v) is 3.78. The van der Waals surface area contributed by atoms with Crippen LogP contribution in [0.2, 0.25) is 0 Å². The summed E-state index contributed by atoms with van der Waals surface area (Å²) < 4.78 is 11.0. The first-order valence-corrected chi connectivity index (χ1v) is 8.43. The minimum atomic E-state index is -0.868. The predicted molar refractivity (Wildman–Crippen MR) is 98.0 cm³/mol. The summed E-state index contributed by atoms with van der Waals surface area (Å²) in [5.74, 6) is 0.345. The number of carbonyl (C=O) groups is 1. The molecule has 0 saturated heterocycles. The minimum Gasteiger partial charge on any atom is -0.493 e. The summed E-state index contributed by atoms with van der Waals surface area (Å²) in [5, 5.41) is 13.9. The molecule has 2 atom stereocenters. The number of hydrogen-bond donors (Lipinski definition) is 3. The number of rotatable bonds is 4. The van der Waals surface area contributed by atoms with Crippen LogP contribution in [0.4, 0.5) is 0 Å². The molecule has 3 N–H and O–H groups in total. The molecule has 3 aromatic rings. The van der Waals surface area contributed by atoms with Crippen LogP contribution in [-0.4, -0.2) is 36.3 Å². The van der Waals surface area contributed by atoms with E-state index < -0.39 is 12.0 Å². The number of H-pyrrole nitrogens is 1. The van der Waals surface area contributed by atoms with E-state index >= 15 is 0 Å². The van der Waals surface area contributed by atoms with Gasteiger partial charge in [0.2, 0.25) is 0 Å². The number of para-hydroxylation sites is 2. The number of benzene rings is 2. The molecule has 1 aromatic heterocycles. The first-order chi connectivity index (χ1) is 12.6. The van der Waals surface area contributed by atoms with E-state index in [1.54, 1.807) is 14.2 Å². The molecule has 0 aliphatic carbocycles. The summed E-state index contributed by atoms with van der Waals surface area (Å²) in [6.07, 6.45) is 0.428. The van der Waals surface area contributed by atoms with Gasteiger partial charge in [-0.1, -0.05) is 30.3 Å². The van der Waals surface area contributed by atoms with Gasteiger partial charge in [-0.15, -0.1) is 0 Å². The fourth-order valence-electron chi connectivity index (χ4n) is 3.78. The maximum Gasteiger partial charge on any atom is 0.321 e. The number of methoxy groups -OCH3 is 2. The van der Waals surface area contributed by atoms with E-state index in [1.807, 2.05) is 42.5 Å². The lowest BCUT2D eigenvalue weighted by atomic mass is 9.90. The molecule has 1 aliphatic heterocycles. The summed E-state index contributed by atoms with van der Waals surface area (Å²) in [6.45, 7) is 0. The van der Waals surface area contributed by atoms with Gasteiger partial charge < -0.3 is 19.6 Å². The zero-order valence-electron chi connectivity index (χ0n) is 14.6. The van der Waals surface area contributed by atoms with Crippen molar-refractivity contribution in [3.63, 3.8) is 0 Å². The molecule has 26 heavy (non-hydrogen) atoms. The highest BCUT2D eigenvalue weighted by atomic mass is 16.5. The van der Waals surface area contributed by atoms with Gasteiger partial charge in [-0.3, -0.25) is 10.1 Å². The Morgan fingerprint density at radius 2 is 1.92 bits per heavy atom. The van der Waals surface area contributed by atoms with Crippen LogP contribution in [-0.2, 0) is 11.2 Å². The normalized spacial score (nSPS) is 19.2. The van der Waals surface area contributed by atoms with Crippen molar-refractivity contribution >= 4 is 16.9 Å². The second-order valence-electron chi connectivity index (χ2n) is 6.34. The van der Waals surface area contributed by atoms with Crippen LogP contribution in [0.5, 0.6) is 11.5 Å². The van der Waals surface area contributed by atoms with E-state index in [4.69, 9.17) is 9.47 Å². The lowest BCUT2D eigenvalue weighted by Crippen LogP contribution is -2.45. The van der Waals surface area contributed by atoms with Crippen molar-refractivity contribution in [3.05, 3.63) is 59.3 Å². The number of nitrogens with one attached hydrogen (secondary N) is 2. The van der Waals surface area contributed by atoms with Gasteiger partial charge in [0, 0.05) is 28.6 Å². The third-order valence-electron chi connectivity index (χ3n) is 4.95. The molecular weight excluding hydrogens is 332 g/mol. The first-order valence-electron chi connectivity index (χ1n) is 8.43. The van der Waals surface area contributed by atoms with Gasteiger partial charge in [-0.2, -0.15) is 0 Å². The minimum absolute atomic E-state index is 0.336. The van der Waals surface area contributed by atoms with Crippen molar-refractivity contribution in [2.45, 2.75) is 18.5 Å². The Balaban J connectivity index is 1.93. The molecule has 0 bridgehead atoms. The molecule has 0 spiro atoms. The number of aliphatic carboxylic acids is 1. The number of aromatic amines is 1. The van der Waals surface area contributed by atoms with Crippen molar-refractivity contribution in [1.29, 1.82) is 0 Å². The number of carboxylic acid groups (broad SMARTS) is 1. The maximum absolute atomic E-state index is 11.7. The highest BCUT2D eigenvalue weighted by Crippen LogP contribution is 2.41. The van der Waals surface area contributed by atoms with E-state index in [2.05, 4.69) is 10.3 Å². The van der Waals surface area contributed by atoms with E-state index in [1.165, 1.54) is 0 Å². The van der Waals surface area contributed by atoms with Crippen molar-refractivity contribution in [2.75, 3.05) is 14.2 Å². The van der Waals surface area contributed by atoms with Crippen molar-refractivity contribution < 1.29 is 19.4 Å². The molecule has 0 saturated carbocycles. The SMILES string of the molecule is COc1cccc(C2NC(C(=O)O)Cc3c2[nH]c2ccccc32)c1OC. The van der Waals surface area contributed by atoms with Crippen LogP contribution in [0.3, 0.4) is 0 Å². The third kappa shape index (κ3) is 2.50. The highest BCUT2D eigenvalue weighted by Gasteiger charge is 2.35. The molecule has 2 aromatic carbocycles. The molecule has 6 nitrogen and oxygen atoms in total. The summed E-state index contributed by atoms with van der Waals surface area (Å²) in [4.78, 5) is 15.2. The first kappa shape index (κ1) is 16.5. The van der Waals surface area contributed by atoms with Crippen molar-refractivity contribution in [3.8, 4) is 11.5 Å². The Labute approximate surface area is 150 Å². The second-order valence-corrected chi connectivity index (χ2v) is 6.34. The number of fused-ring (bicyclic) bond motifs is 3. The lowest BCUT2D eigenvalue weighted by molar-refractivity contribution is -0.139. The van der Waals surface area contributed by atoms with Crippen molar-refractivity contribution in [2.24, 2.45) is 0 Å². The molecule has 4 rings (SSSR count). The van der Waals surface area contributed by atoms with Crippen LogP contribution in [0.1, 0.15) is 22.9 Å². The fraction of sp³-hybridized carbons (Fsp3) is 0.250. The molecule has 0 radical (unpaired) electrons. The molecule has 134 valence electrons. The van der Waals surface area contributed by atoms with Crippen LogP contribution in [0.25, 0.3) is 10.9 Å². The molecule has 2 unspecified atom stereocenters. The summed E-state index contributed by atoms with van der Waals surface area (Å²) in [5.41, 5.74) is 3.83. The van der Waals surface area contributed by atoms with Gasteiger partial charge in [-0.05, 0) is 17.7 Å². The predicted octanol–water partition coefficient (Wildman–Crippen LogP) is 2.87. The summed E-state index contributed by atoms with van der Waals surface area (Å²) >= 11 is 0. The smallest absolute Gasteiger partial charge is 0.321 e. The second kappa shape index (κ2) is 6.38. The van der Waals surface area contributed by atoms with Crippen molar-refractivity contribution in [1.82, 2.24) is 10.3 Å². The third-order valence-corrected chi connectivity index (χ3v) is 4.95. The van der Waals surface area contributed by atoms with Gasteiger partial charge in [0.15, 0.2) is 11.5 Å². The Bertz CT molecular complexity index is 979. The molecule has 2 heterocycles. The average molecular weight is 352 g/mol. The summed E-state index contributed by atoms with van der Waals surface area (Å²) in [7, 11) is 3.18. The topological polar surface area (TPSA) is 83.6 Å². The zero-order valence-corrected chi connectivity index (χ0v) is 14.6. The quantitative estimate of drug-likeness (QED) is 0.672. The Kier molecular flexibility index (Phi) is 4.05. The monoisotopic (exact) mass is 352 g/mol. The Morgan fingerprint density at radius 3 is 2.65 bits per heavy atom. The number of aromatic nitrogens is 1. The molecular formula is C20H20N2O4. The maximum atomic E-state index is 11.7. The van der Waals surface area contributed by atoms with Crippen LogP contribution >= 0.6 is 0 Å². The molecule has 1 aliphatic rings. The van der Waals surface area contributed by atoms with E-state index in [9.17, 15) is 9.90 Å². The zero-order chi connectivity index (χ0) is 18.3. The highest BCUT2D eigenvalue weighted by molar-refractivity contribution is 5.87. The van der Waals surface area contributed by atoms with Gasteiger partial charge in [0.1, 0.15) is 6.04 Å². The van der Waals surface area contributed by atoms with Gasteiger partial charge >= 0.3 is 5.97 Å². The largest absolute Gasteiger partial charge is 0.493 e. The van der Waals surface area contributed by atoms with Gasteiger partial charge in [0.25, 0.3) is 0 Å². The Morgan fingerprint density at radius 1 is 1.12 bits per heavy atom. The number of hydrogen-bond acceptors (Lipinski definition) is 4. The molecule has 0 amide bonds. The van der Waals surface area contributed by atoms with Crippen LogP contribution < -0.4 is 14.8 Å². The van der Waals surface area contributed by atoms with E-state index in [0.29, 0.717) is 17.9 Å². The lowest BCUT2D eigenvalue weighted by Gasteiger charge is -2.30. The van der Waals surface area contributed by atoms with Gasteiger partial charge in [0.05, 0.1) is 20.3 Å². The standard InChI is InChI=1S/C20H20N2O4/c1-25-16-9-5-7-12(19(16)26-2)17-18-13(10-15(22-17)20(23)24)11-6-3-4-8-14(11)21-18/h3-9,15,17,21-22H,10H2,1-2H3,(H,23,24). The van der Waals surface area contributed by atoms with Crippen LogP contribution in [0.15, 0.2) is 42.5 Å². The Hall–Kier alpha value is -2.99. The number of carboxylic acids is 1. The van der Waals surface area contributed by atoms with Crippen LogP contribution in [0, 0.1) is 0 Å². The average Bonchev–Trinajstić information content (AvgIpc) is 3.05. The molecule has 6 heteroatoms. The summed E-state index contributed by atoms with van der Waals surface area (Å²) in [6, 6.07) is 12.6. The number of ether oxygens (including phenoxy) is 2. The molecule has 0 fully saturated rings. The van der Waals surface area contributed by atoms with Gasteiger partial charge in [-0.25, -0.2) is 0 Å². The van der Waals surface area contributed by atoms with E-state index in [0.717, 1.165) is 27.7 Å².